The van der Waals surface area contributed by atoms with Gasteiger partial charge in [0.15, 0.2) is 0 Å². The topological polar surface area (TPSA) is 377 Å². The molecule has 1 aromatic rings. The number of amides is 7. The van der Waals surface area contributed by atoms with Crippen molar-refractivity contribution in [3.05, 3.63) is 29.8 Å². The summed E-state index contributed by atoms with van der Waals surface area (Å²) >= 11 is 0. The number of hydrogen-bond donors (Lipinski definition) is 9. The molecule has 0 bridgehead atoms. The minimum absolute atomic E-state index is 0.0500. The van der Waals surface area contributed by atoms with Crippen molar-refractivity contribution in [3.8, 4) is 5.75 Å². The van der Waals surface area contributed by atoms with Crippen LogP contribution in [0.2, 0.25) is 0 Å². The predicted molar refractivity (Wildman–Crippen MR) is 296 cm³/mol. The second-order valence-corrected chi connectivity index (χ2v) is 19.1. The second kappa shape index (κ2) is 47.2. The normalized spacial score (nSPS) is 14.7. The Morgan fingerprint density at radius 2 is 1.06 bits per heavy atom. The van der Waals surface area contributed by atoms with Crippen molar-refractivity contribution >= 4 is 41.4 Å². The number of carbonyl (C=O) groups excluding carboxylic acids is 7. The lowest BCUT2D eigenvalue weighted by atomic mass is 10.0. The van der Waals surface area contributed by atoms with Gasteiger partial charge in [0.2, 0.25) is 41.4 Å². The van der Waals surface area contributed by atoms with Gasteiger partial charge in [-0.15, -0.1) is 0 Å². The maximum Gasteiger partial charge on any atom is 0.245 e. The summed E-state index contributed by atoms with van der Waals surface area (Å²) in [4.78, 5) is 92.8. The van der Waals surface area contributed by atoms with Gasteiger partial charge in [0.1, 0.15) is 29.9 Å². The Bertz CT molecular complexity index is 1910. The number of nitrogens with zero attached hydrogens (tertiary/aromatic N) is 1. The minimum atomic E-state index is -1.50. The van der Waals surface area contributed by atoms with Gasteiger partial charge >= 0.3 is 0 Å². The summed E-state index contributed by atoms with van der Waals surface area (Å²) in [7, 11) is 0. The first kappa shape index (κ1) is 72.9. The monoisotopic (exact) mass is 1170 g/mol. The standard InChI is InChI=1S/C54H94N8O20/c1-4-72-16-17-74-20-21-76-24-25-78-28-29-80-32-33-82-35-34-81-31-30-79-27-26-77-23-22-75-19-18-73-15-13-57-51(68)44(11-12-48(56)65)60-53(70)47-6-5-14-62(47)54(71)45(36-40(2)3)61-52(69)46(39-63)59-49(66)38-58-50(67)43(55)37-41-7-9-42(64)10-8-41/h7-10,40,43-47,63-64H,4-6,11-39,55H2,1-3H3,(H2,56,65)(H,57,68)(H,58,67)(H,59,66)(H,60,70)(H,61,69)/t43-,44-,45-,46-,47-/m0/s1. The predicted octanol–water partition coefficient (Wildman–Crippen LogP) is -2.55. The molecule has 0 radical (unpaired) electrons. The number of carbonyl (C=O) groups is 7. The molecule has 5 atom stereocenters. The lowest BCUT2D eigenvalue weighted by Crippen LogP contribution is -2.59. The van der Waals surface area contributed by atoms with Crippen LogP contribution in [0.1, 0.15) is 58.4 Å². The van der Waals surface area contributed by atoms with Crippen LogP contribution in [0.25, 0.3) is 0 Å². The Morgan fingerprint density at radius 3 is 1.50 bits per heavy atom. The van der Waals surface area contributed by atoms with Crippen LogP contribution in [0, 0.1) is 5.92 Å². The Kier molecular flexibility index (Phi) is 41.9. The zero-order chi connectivity index (χ0) is 60.0. The van der Waals surface area contributed by atoms with Crippen LogP contribution in [-0.2, 0) is 92.1 Å². The van der Waals surface area contributed by atoms with Crippen LogP contribution in [-0.4, -0.2) is 258 Å². The summed E-state index contributed by atoms with van der Waals surface area (Å²) in [6, 6.07) is 0.212. The molecular formula is C54H94N8O20. The van der Waals surface area contributed by atoms with E-state index in [1.54, 1.807) is 12.1 Å². The number of primary amides is 1. The molecule has 1 aliphatic rings. The molecule has 0 aromatic heterocycles. The second-order valence-electron chi connectivity index (χ2n) is 19.1. The average molecular weight is 1180 g/mol. The third kappa shape index (κ3) is 35.7. The van der Waals surface area contributed by atoms with Crippen molar-refractivity contribution in [1.29, 1.82) is 0 Å². The number of likely N-dealkylation sites (tertiary alicyclic amines) is 1. The molecular weight excluding hydrogens is 1080 g/mol. The van der Waals surface area contributed by atoms with E-state index < -0.39 is 84.7 Å². The van der Waals surface area contributed by atoms with E-state index in [2.05, 4.69) is 26.6 Å². The molecule has 1 aliphatic heterocycles. The number of nitrogens with one attached hydrogen (secondary N) is 5. The number of aliphatic hydroxyl groups excluding tert-OH is 1. The third-order valence-corrected chi connectivity index (χ3v) is 11.9. The Balaban J connectivity index is 1.58. The molecule has 1 aromatic carbocycles. The maximum atomic E-state index is 14.1. The van der Waals surface area contributed by atoms with Crippen molar-refractivity contribution in [3.63, 3.8) is 0 Å². The van der Waals surface area contributed by atoms with E-state index >= 15 is 0 Å². The van der Waals surface area contributed by atoms with Crippen LogP contribution < -0.4 is 38.1 Å². The number of phenols is 1. The van der Waals surface area contributed by atoms with Crippen LogP contribution in [0.5, 0.6) is 5.75 Å². The van der Waals surface area contributed by atoms with Gasteiger partial charge in [-0.05, 0) is 62.6 Å². The molecule has 470 valence electrons. The molecule has 28 nitrogen and oxygen atoms in total. The zero-order valence-corrected chi connectivity index (χ0v) is 48.2. The molecule has 28 heteroatoms. The summed E-state index contributed by atoms with van der Waals surface area (Å²) < 4.78 is 60.0. The van der Waals surface area contributed by atoms with Gasteiger partial charge in [-0.25, -0.2) is 0 Å². The summed E-state index contributed by atoms with van der Waals surface area (Å²) in [5, 5.41) is 32.2. The molecule has 0 saturated carbocycles. The van der Waals surface area contributed by atoms with Gasteiger partial charge in [0, 0.05) is 26.1 Å². The van der Waals surface area contributed by atoms with Crippen LogP contribution in [0.15, 0.2) is 24.3 Å². The summed E-state index contributed by atoms with van der Waals surface area (Å²) in [5.74, 6) is -4.93. The number of benzene rings is 1. The highest BCUT2D eigenvalue weighted by molar-refractivity contribution is 5.96. The van der Waals surface area contributed by atoms with Crippen LogP contribution in [0.3, 0.4) is 0 Å². The van der Waals surface area contributed by atoms with Gasteiger partial charge in [0.05, 0.1) is 158 Å². The maximum absolute atomic E-state index is 14.1. The first-order valence-corrected chi connectivity index (χ1v) is 28.2. The van der Waals surface area contributed by atoms with Crippen molar-refractivity contribution in [2.75, 3.05) is 172 Å². The molecule has 1 fully saturated rings. The molecule has 2 rings (SSSR count). The van der Waals surface area contributed by atoms with Crippen molar-refractivity contribution < 1.29 is 95.9 Å². The van der Waals surface area contributed by atoms with Gasteiger partial charge in [-0.2, -0.15) is 0 Å². The van der Waals surface area contributed by atoms with E-state index in [1.165, 1.54) is 17.0 Å². The number of rotatable bonds is 52. The van der Waals surface area contributed by atoms with Crippen molar-refractivity contribution in [2.24, 2.45) is 17.4 Å². The quantitative estimate of drug-likeness (QED) is 0.0303. The third-order valence-electron chi connectivity index (χ3n) is 11.9. The van der Waals surface area contributed by atoms with E-state index in [4.69, 9.17) is 63.6 Å². The number of hydrogen-bond acceptors (Lipinski definition) is 21. The molecule has 0 aliphatic carbocycles. The fraction of sp³-hybridized carbons (Fsp3) is 0.759. The highest BCUT2D eigenvalue weighted by Gasteiger charge is 2.39. The SMILES string of the molecule is CCOCCOCCOCCOCCOCCOCCOCCOCCOCCOCCOCCNC(=O)[C@H](CCC(N)=O)NC(=O)[C@@H]1CCCN1C(=O)[C@H](CC(C)C)NC(=O)[C@H](CO)NC(=O)CNC(=O)[C@@H](N)Cc1ccc(O)cc1. The largest absolute Gasteiger partial charge is 0.508 e. The first-order valence-electron chi connectivity index (χ1n) is 28.2. The molecule has 0 unspecified atom stereocenters. The number of aromatic hydroxyl groups is 1. The van der Waals surface area contributed by atoms with Crippen molar-refractivity contribution in [1.82, 2.24) is 31.5 Å². The van der Waals surface area contributed by atoms with E-state index in [1.807, 2.05) is 20.8 Å². The number of nitrogens with two attached hydrogens (primary N) is 2. The molecule has 7 amide bonds. The first-order chi connectivity index (χ1) is 39.7. The highest BCUT2D eigenvalue weighted by atomic mass is 16.6. The Labute approximate surface area is 481 Å². The number of phenolic OH excluding ortho intramolecular Hbond substituents is 1. The zero-order valence-electron chi connectivity index (χ0n) is 48.2. The fourth-order valence-corrected chi connectivity index (χ4v) is 7.72. The lowest BCUT2D eigenvalue weighted by Gasteiger charge is -2.31. The highest BCUT2D eigenvalue weighted by Crippen LogP contribution is 2.21. The summed E-state index contributed by atoms with van der Waals surface area (Å²) in [5.41, 5.74) is 12.0. The Hall–Kier alpha value is -5.21. The fourth-order valence-electron chi connectivity index (χ4n) is 7.72. The molecule has 1 heterocycles. The van der Waals surface area contributed by atoms with Crippen LogP contribution in [0.4, 0.5) is 0 Å². The van der Waals surface area contributed by atoms with Crippen LogP contribution >= 0.6 is 0 Å². The van der Waals surface area contributed by atoms with E-state index in [0.717, 1.165) is 0 Å². The van der Waals surface area contributed by atoms with Gasteiger partial charge in [-0.3, -0.25) is 33.6 Å². The molecule has 82 heavy (non-hydrogen) atoms. The van der Waals surface area contributed by atoms with Crippen molar-refractivity contribution in [2.45, 2.75) is 89.5 Å². The van der Waals surface area contributed by atoms with E-state index in [0.29, 0.717) is 138 Å². The number of ether oxygens (including phenoxy) is 11. The van der Waals surface area contributed by atoms with Gasteiger partial charge in [-0.1, -0.05) is 26.0 Å². The summed E-state index contributed by atoms with van der Waals surface area (Å²) in [6.45, 7) is 14.0. The molecule has 11 N–H and O–H groups in total. The smallest absolute Gasteiger partial charge is 0.245 e. The van der Waals surface area contributed by atoms with Gasteiger partial charge < -0.3 is 105 Å². The van der Waals surface area contributed by atoms with E-state index in [9.17, 15) is 43.8 Å². The van der Waals surface area contributed by atoms with Gasteiger partial charge in [0.25, 0.3) is 0 Å². The average Bonchev–Trinajstić information content (AvgIpc) is 4.15. The Morgan fingerprint density at radius 1 is 0.598 bits per heavy atom. The summed E-state index contributed by atoms with van der Waals surface area (Å²) in [6.07, 6.45) is 0.622. The minimum Gasteiger partial charge on any atom is -0.508 e. The number of aliphatic hydroxyl groups is 1. The van der Waals surface area contributed by atoms with E-state index in [-0.39, 0.29) is 76.7 Å². The molecule has 0 spiro atoms. The molecule has 1 saturated heterocycles. The lowest BCUT2D eigenvalue weighted by molar-refractivity contribution is -0.143.